The minimum atomic E-state index is -3.97. The van der Waals surface area contributed by atoms with Crippen LogP contribution in [0.2, 0.25) is 15.1 Å². The van der Waals surface area contributed by atoms with Crippen LogP contribution in [0.1, 0.15) is 55.7 Å². The molecule has 2 saturated carbocycles. The van der Waals surface area contributed by atoms with Gasteiger partial charge in [-0.15, -0.1) is 0 Å². The van der Waals surface area contributed by atoms with Gasteiger partial charge in [-0.2, -0.15) is 4.31 Å². The average Bonchev–Trinajstić information content (AvgIpc) is 3.83. The predicted octanol–water partition coefficient (Wildman–Crippen LogP) is 7.36. The number of nitrogens with zero attached hydrogens (tertiary/aromatic N) is 2. The van der Waals surface area contributed by atoms with Crippen molar-refractivity contribution in [2.45, 2.75) is 68.1 Å². The number of sulfonamides is 1. The van der Waals surface area contributed by atoms with Crippen LogP contribution in [0, 0.1) is 5.92 Å². The maximum absolute atomic E-state index is 13.4. The van der Waals surface area contributed by atoms with Crippen molar-refractivity contribution in [3.8, 4) is 0 Å². The van der Waals surface area contributed by atoms with Crippen molar-refractivity contribution in [3.63, 3.8) is 0 Å². The van der Waals surface area contributed by atoms with E-state index in [0.717, 1.165) is 45.1 Å². The van der Waals surface area contributed by atoms with E-state index in [9.17, 15) is 13.2 Å². The number of hydrogen-bond donors (Lipinski definition) is 1. The zero-order chi connectivity index (χ0) is 32.0. The Morgan fingerprint density at radius 1 is 0.911 bits per heavy atom. The number of carbonyl (C=O) groups is 1. The largest absolute Gasteiger partial charge is 0.370 e. The quantitative estimate of drug-likeness (QED) is 0.179. The highest BCUT2D eigenvalue weighted by molar-refractivity contribution is 7.89. The number of ether oxygens (including phenoxy) is 1. The van der Waals surface area contributed by atoms with Crippen LogP contribution in [0.15, 0.2) is 77.7 Å². The van der Waals surface area contributed by atoms with Crippen molar-refractivity contribution in [1.82, 2.24) is 14.5 Å². The summed E-state index contributed by atoms with van der Waals surface area (Å²) in [6, 6.07) is 24.2. The van der Waals surface area contributed by atoms with E-state index >= 15 is 0 Å². The van der Waals surface area contributed by atoms with Crippen molar-refractivity contribution >= 4 is 50.7 Å². The summed E-state index contributed by atoms with van der Waals surface area (Å²) in [7, 11) is -1.77. The number of carbonyl (C=O) groups excluding carboxylic acids is 1. The molecule has 0 spiro atoms. The fraction of sp³-hybridized carbons (Fsp3) is 0.441. The van der Waals surface area contributed by atoms with Crippen molar-refractivity contribution in [2.75, 3.05) is 26.8 Å². The summed E-state index contributed by atoms with van der Waals surface area (Å²) in [6.07, 6.45) is 5.31. The second-order valence-corrected chi connectivity index (χ2v) is 15.1. The molecule has 0 radical (unpaired) electrons. The molecule has 0 aromatic heterocycles. The predicted molar refractivity (Wildman–Crippen MR) is 180 cm³/mol. The summed E-state index contributed by atoms with van der Waals surface area (Å²) in [4.78, 5) is 15.1. The van der Waals surface area contributed by atoms with Crippen LogP contribution in [0.5, 0.6) is 0 Å². The number of hydrogen-bond acceptors (Lipinski definition) is 5. The third-order valence-electron chi connectivity index (χ3n) is 8.65. The van der Waals surface area contributed by atoms with Gasteiger partial charge in [0, 0.05) is 36.2 Å². The Kier molecular flexibility index (Phi) is 11.9. The van der Waals surface area contributed by atoms with Gasteiger partial charge in [-0.3, -0.25) is 9.69 Å². The van der Waals surface area contributed by atoms with Gasteiger partial charge in [0.15, 0.2) is 0 Å². The molecular formula is C34H40Cl3N3O4S. The first-order valence-corrected chi connectivity index (χ1v) is 18.0. The lowest BCUT2D eigenvalue weighted by Gasteiger charge is -2.39. The third-order valence-corrected chi connectivity index (χ3v) is 11.7. The second-order valence-electron chi connectivity index (χ2n) is 12.0. The molecule has 0 bridgehead atoms. The number of halogens is 3. The van der Waals surface area contributed by atoms with E-state index < -0.39 is 10.0 Å². The highest BCUT2D eigenvalue weighted by atomic mass is 35.5. The van der Waals surface area contributed by atoms with E-state index in [1.54, 1.807) is 0 Å². The van der Waals surface area contributed by atoms with Crippen LogP contribution in [-0.2, 0) is 26.1 Å². The van der Waals surface area contributed by atoms with Crippen LogP contribution in [0.3, 0.4) is 0 Å². The average molecular weight is 693 g/mol. The molecule has 11 heteroatoms. The lowest BCUT2D eigenvalue weighted by Crippen LogP contribution is -2.42. The Hall–Kier alpha value is -2.17. The molecule has 1 N–H and O–H groups in total. The molecule has 0 saturated heterocycles. The minimum Gasteiger partial charge on any atom is -0.370 e. The molecule has 3 aromatic rings. The highest BCUT2D eigenvalue weighted by Gasteiger charge is 2.40. The first-order valence-electron chi connectivity index (χ1n) is 15.5. The van der Waals surface area contributed by atoms with Crippen LogP contribution in [-0.4, -0.2) is 62.4 Å². The van der Waals surface area contributed by atoms with Crippen LogP contribution in [0.4, 0.5) is 0 Å². The normalized spacial score (nSPS) is 19.5. The van der Waals surface area contributed by atoms with Crippen molar-refractivity contribution < 1.29 is 17.9 Å². The zero-order valence-corrected chi connectivity index (χ0v) is 28.5. The standard InChI is InChI=1S/C34H40Cl3N3O4S/c1-39(22-24-8-4-2-5-9-24)33(25-10-6-3-7-11-25)26-12-14-28(15-13-26)38-32(41)23-44-19-18-40(29-16-17-29)45(42,43)34-30(36)20-27(35)21-31(34)37/h2-11,20-21,26,28-29,33H,12-19,22-23H2,1H3,(H,38,41). The van der Waals surface area contributed by atoms with E-state index in [4.69, 9.17) is 39.5 Å². The molecule has 3 aromatic carbocycles. The van der Waals surface area contributed by atoms with Gasteiger partial charge in [-0.1, -0.05) is 95.5 Å². The maximum atomic E-state index is 13.4. The lowest BCUT2D eigenvalue weighted by molar-refractivity contribution is -0.126. The Balaban J connectivity index is 1.10. The van der Waals surface area contributed by atoms with Crippen molar-refractivity contribution in [3.05, 3.63) is 99.0 Å². The Morgan fingerprint density at radius 2 is 1.51 bits per heavy atom. The molecule has 5 rings (SSSR count). The van der Waals surface area contributed by atoms with Gasteiger partial charge < -0.3 is 10.1 Å². The first-order chi connectivity index (χ1) is 21.6. The summed E-state index contributed by atoms with van der Waals surface area (Å²) >= 11 is 18.4. The van der Waals surface area contributed by atoms with E-state index in [0.29, 0.717) is 5.92 Å². The van der Waals surface area contributed by atoms with E-state index in [2.05, 4.69) is 71.9 Å². The van der Waals surface area contributed by atoms with Gasteiger partial charge in [0.1, 0.15) is 11.5 Å². The van der Waals surface area contributed by atoms with Gasteiger partial charge >= 0.3 is 0 Å². The molecule has 242 valence electrons. The molecule has 2 aliphatic carbocycles. The maximum Gasteiger partial charge on any atom is 0.246 e. The Bertz CT molecular complexity index is 1510. The molecule has 1 amide bonds. The highest BCUT2D eigenvalue weighted by Crippen LogP contribution is 2.40. The number of amides is 1. The molecule has 1 unspecified atom stereocenters. The molecule has 0 heterocycles. The topological polar surface area (TPSA) is 79.0 Å². The first kappa shape index (κ1) is 34.2. The zero-order valence-electron chi connectivity index (χ0n) is 25.4. The van der Waals surface area contributed by atoms with Gasteiger partial charge in [-0.25, -0.2) is 8.42 Å². The number of nitrogens with one attached hydrogen (secondary N) is 1. The van der Waals surface area contributed by atoms with Gasteiger partial charge in [0.2, 0.25) is 15.9 Å². The molecule has 45 heavy (non-hydrogen) atoms. The summed E-state index contributed by atoms with van der Waals surface area (Å²) in [5.41, 5.74) is 2.61. The third kappa shape index (κ3) is 9.01. The van der Waals surface area contributed by atoms with Crippen molar-refractivity contribution in [2.24, 2.45) is 5.92 Å². The van der Waals surface area contributed by atoms with Gasteiger partial charge in [0.25, 0.3) is 0 Å². The minimum absolute atomic E-state index is 0.0221. The smallest absolute Gasteiger partial charge is 0.246 e. The summed E-state index contributed by atoms with van der Waals surface area (Å²) in [5, 5.41) is 3.35. The summed E-state index contributed by atoms with van der Waals surface area (Å²) < 4.78 is 33.9. The van der Waals surface area contributed by atoms with Crippen molar-refractivity contribution in [1.29, 1.82) is 0 Å². The van der Waals surface area contributed by atoms with Gasteiger partial charge in [0.05, 0.1) is 16.7 Å². The molecule has 1 atom stereocenters. The van der Waals surface area contributed by atoms with Crippen LogP contribution < -0.4 is 5.32 Å². The molecule has 2 fully saturated rings. The van der Waals surface area contributed by atoms with Crippen LogP contribution in [0.25, 0.3) is 0 Å². The Labute approximate surface area is 281 Å². The lowest BCUT2D eigenvalue weighted by atomic mass is 9.78. The van der Waals surface area contributed by atoms with E-state index in [-0.39, 0.29) is 63.8 Å². The molecule has 7 nitrogen and oxygen atoms in total. The fourth-order valence-electron chi connectivity index (χ4n) is 6.43. The van der Waals surface area contributed by atoms with Crippen LogP contribution >= 0.6 is 34.8 Å². The summed E-state index contributed by atoms with van der Waals surface area (Å²) in [6.45, 7) is 0.907. The number of rotatable bonds is 14. The molecule has 0 aliphatic heterocycles. The Morgan fingerprint density at radius 3 is 2.11 bits per heavy atom. The van der Waals surface area contributed by atoms with Gasteiger partial charge in [-0.05, 0) is 74.8 Å². The fourth-order valence-corrected chi connectivity index (χ4v) is 9.59. The monoisotopic (exact) mass is 691 g/mol. The van der Waals surface area contributed by atoms with E-state index in [1.807, 2.05) is 6.07 Å². The SMILES string of the molecule is CN(Cc1ccccc1)C(c1ccccc1)C1CCC(NC(=O)COCCN(C2CC2)S(=O)(=O)c2c(Cl)cc(Cl)cc2Cl)CC1. The summed E-state index contributed by atoms with van der Waals surface area (Å²) in [5.74, 6) is 0.285. The number of benzene rings is 3. The van der Waals surface area contributed by atoms with E-state index in [1.165, 1.54) is 27.6 Å². The molecular weight excluding hydrogens is 653 g/mol. The second kappa shape index (κ2) is 15.6. The molecule has 2 aliphatic rings.